The number of hydrogen-bond acceptors (Lipinski definition) is 3. The van der Waals surface area contributed by atoms with Crippen molar-refractivity contribution in [1.82, 2.24) is 0 Å². The summed E-state index contributed by atoms with van der Waals surface area (Å²) in [6.45, 7) is 0.921. The standard InChI is InChI=1S/C15H13NO2/c16-12-13-5-4-8-15(11-13)18-10-9-17-14-6-2-1-3-7-14/h1-8,11H,9-10H2. The quantitative estimate of drug-likeness (QED) is 0.753. The maximum absolute atomic E-state index is 8.75. The zero-order valence-electron chi connectivity index (χ0n) is 9.87. The van der Waals surface area contributed by atoms with Crippen LogP contribution in [0.25, 0.3) is 0 Å². The summed E-state index contributed by atoms with van der Waals surface area (Å²) in [7, 11) is 0. The highest BCUT2D eigenvalue weighted by atomic mass is 16.5. The van der Waals surface area contributed by atoms with Gasteiger partial charge in [0.25, 0.3) is 0 Å². The average molecular weight is 239 g/mol. The van der Waals surface area contributed by atoms with Gasteiger partial charge in [-0.05, 0) is 30.3 Å². The summed E-state index contributed by atoms with van der Waals surface area (Å²) in [6.07, 6.45) is 0. The summed E-state index contributed by atoms with van der Waals surface area (Å²) in [5, 5.41) is 8.75. The van der Waals surface area contributed by atoms with Crippen molar-refractivity contribution >= 4 is 0 Å². The van der Waals surface area contributed by atoms with Crippen LogP contribution in [0.4, 0.5) is 0 Å². The Morgan fingerprint density at radius 3 is 2.22 bits per heavy atom. The van der Waals surface area contributed by atoms with Gasteiger partial charge in [0.2, 0.25) is 0 Å². The molecule has 0 N–H and O–H groups in total. The first-order valence-electron chi connectivity index (χ1n) is 5.69. The van der Waals surface area contributed by atoms with Crippen LogP contribution in [0.3, 0.4) is 0 Å². The molecule has 0 saturated heterocycles. The predicted molar refractivity (Wildman–Crippen MR) is 68.6 cm³/mol. The lowest BCUT2D eigenvalue weighted by atomic mass is 10.2. The molecule has 3 nitrogen and oxygen atoms in total. The molecule has 0 bridgehead atoms. The van der Waals surface area contributed by atoms with Crippen LogP contribution in [0, 0.1) is 11.3 Å². The van der Waals surface area contributed by atoms with Gasteiger partial charge in [0.05, 0.1) is 11.6 Å². The van der Waals surface area contributed by atoms with Crippen LogP contribution in [0.2, 0.25) is 0 Å². The summed E-state index contributed by atoms with van der Waals surface area (Å²) in [5.74, 6) is 1.51. The molecule has 18 heavy (non-hydrogen) atoms. The summed E-state index contributed by atoms with van der Waals surface area (Å²) >= 11 is 0. The van der Waals surface area contributed by atoms with Gasteiger partial charge in [-0.1, -0.05) is 24.3 Å². The van der Waals surface area contributed by atoms with Crippen molar-refractivity contribution in [3.05, 3.63) is 60.2 Å². The normalized spacial score (nSPS) is 9.50. The van der Waals surface area contributed by atoms with Crippen LogP contribution in [-0.4, -0.2) is 13.2 Å². The first-order chi connectivity index (χ1) is 8.88. The predicted octanol–water partition coefficient (Wildman–Crippen LogP) is 3.02. The van der Waals surface area contributed by atoms with E-state index in [-0.39, 0.29) is 0 Å². The minimum Gasteiger partial charge on any atom is -0.490 e. The number of ether oxygens (including phenoxy) is 2. The molecule has 0 aliphatic rings. The topological polar surface area (TPSA) is 42.2 Å². The maximum Gasteiger partial charge on any atom is 0.122 e. The first kappa shape index (κ1) is 12.0. The highest BCUT2D eigenvalue weighted by Crippen LogP contribution is 2.13. The lowest BCUT2D eigenvalue weighted by molar-refractivity contribution is 0.217. The minimum atomic E-state index is 0.448. The Balaban J connectivity index is 1.77. The monoisotopic (exact) mass is 239 g/mol. The Morgan fingerprint density at radius 2 is 1.50 bits per heavy atom. The molecule has 0 radical (unpaired) electrons. The smallest absolute Gasteiger partial charge is 0.122 e. The molecule has 0 atom stereocenters. The van der Waals surface area contributed by atoms with Crippen molar-refractivity contribution in [2.24, 2.45) is 0 Å². The van der Waals surface area contributed by atoms with E-state index in [1.54, 1.807) is 18.2 Å². The van der Waals surface area contributed by atoms with Gasteiger partial charge < -0.3 is 9.47 Å². The Kier molecular flexibility index (Phi) is 4.21. The SMILES string of the molecule is N#Cc1cccc(OCCOc2ccccc2)c1. The molecule has 0 fully saturated rings. The molecule has 3 heteroatoms. The van der Waals surface area contributed by atoms with E-state index in [0.717, 1.165) is 5.75 Å². The number of para-hydroxylation sites is 1. The second-order valence-electron chi connectivity index (χ2n) is 3.65. The Hall–Kier alpha value is -2.47. The van der Waals surface area contributed by atoms with Crippen LogP contribution in [0.1, 0.15) is 5.56 Å². The zero-order valence-corrected chi connectivity index (χ0v) is 9.87. The van der Waals surface area contributed by atoms with Crippen LogP contribution < -0.4 is 9.47 Å². The number of benzene rings is 2. The lowest BCUT2D eigenvalue weighted by Crippen LogP contribution is -2.08. The summed E-state index contributed by atoms with van der Waals surface area (Å²) in [5.41, 5.74) is 0.594. The molecule has 2 aromatic carbocycles. The van der Waals surface area contributed by atoms with Gasteiger partial charge in [-0.15, -0.1) is 0 Å². The fourth-order valence-electron chi connectivity index (χ4n) is 1.49. The van der Waals surface area contributed by atoms with E-state index in [1.165, 1.54) is 0 Å². The van der Waals surface area contributed by atoms with Crippen molar-refractivity contribution in [1.29, 1.82) is 5.26 Å². The van der Waals surface area contributed by atoms with E-state index in [0.29, 0.717) is 24.5 Å². The van der Waals surface area contributed by atoms with E-state index < -0.39 is 0 Å². The summed E-state index contributed by atoms with van der Waals surface area (Å²) < 4.78 is 11.0. The number of rotatable bonds is 5. The Morgan fingerprint density at radius 1 is 0.833 bits per heavy atom. The van der Waals surface area contributed by atoms with Crippen LogP contribution in [0.5, 0.6) is 11.5 Å². The molecule has 0 spiro atoms. The molecule has 2 aromatic rings. The highest BCUT2D eigenvalue weighted by molar-refractivity contribution is 5.36. The second kappa shape index (κ2) is 6.31. The summed E-state index contributed by atoms with van der Waals surface area (Å²) in [6, 6.07) is 18.7. The van der Waals surface area contributed by atoms with Crippen molar-refractivity contribution < 1.29 is 9.47 Å². The van der Waals surface area contributed by atoms with Crippen LogP contribution in [0.15, 0.2) is 54.6 Å². The van der Waals surface area contributed by atoms with E-state index >= 15 is 0 Å². The average Bonchev–Trinajstić information content (AvgIpc) is 2.45. The van der Waals surface area contributed by atoms with Crippen molar-refractivity contribution in [3.8, 4) is 17.6 Å². The molecule has 0 heterocycles. The van der Waals surface area contributed by atoms with E-state index in [4.69, 9.17) is 14.7 Å². The molecular formula is C15H13NO2. The number of nitrogens with zero attached hydrogens (tertiary/aromatic N) is 1. The van der Waals surface area contributed by atoms with E-state index in [1.807, 2.05) is 36.4 Å². The van der Waals surface area contributed by atoms with E-state index in [9.17, 15) is 0 Å². The van der Waals surface area contributed by atoms with Gasteiger partial charge in [-0.2, -0.15) is 5.26 Å². The van der Waals surface area contributed by atoms with Gasteiger partial charge in [-0.3, -0.25) is 0 Å². The molecule has 90 valence electrons. The van der Waals surface area contributed by atoms with Crippen molar-refractivity contribution in [2.75, 3.05) is 13.2 Å². The number of hydrogen-bond donors (Lipinski definition) is 0. The second-order valence-corrected chi connectivity index (χ2v) is 3.65. The lowest BCUT2D eigenvalue weighted by Gasteiger charge is -2.08. The Bertz CT molecular complexity index is 532. The van der Waals surface area contributed by atoms with E-state index in [2.05, 4.69) is 6.07 Å². The van der Waals surface area contributed by atoms with Gasteiger partial charge >= 0.3 is 0 Å². The summed E-state index contributed by atoms with van der Waals surface area (Å²) in [4.78, 5) is 0. The fraction of sp³-hybridized carbons (Fsp3) is 0.133. The molecule has 0 amide bonds. The zero-order chi connectivity index (χ0) is 12.6. The fourth-order valence-corrected chi connectivity index (χ4v) is 1.49. The van der Waals surface area contributed by atoms with Gasteiger partial charge in [0.15, 0.2) is 0 Å². The molecular weight excluding hydrogens is 226 g/mol. The van der Waals surface area contributed by atoms with Crippen molar-refractivity contribution in [3.63, 3.8) is 0 Å². The molecule has 0 aliphatic heterocycles. The largest absolute Gasteiger partial charge is 0.490 e. The third kappa shape index (κ3) is 3.53. The molecule has 0 aliphatic carbocycles. The third-order valence-electron chi connectivity index (χ3n) is 2.33. The van der Waals surface area contributed by atoms with Gasteiger partial charge in [0, 0.05) is 0 Å². The Labute approximate surface area is 106 Å². The highest BCUT2D eigenvalue weighted by Gasteiger charge is 1.96. The first-order valence-corrected chi connectivity index (χ1v) is 5.69. The third-order valence-corrected chi connectivity index (χ3v) is 2.33. The van der Waals surface area contributed by atoms with Crippen LogP contribution in [-0.2, 0) is 0 Å². The van der Waals surface area contributed by atoms with Crippen molar-refractivity contribution in [2.45, 2.75) is 0 Å². The minimum absolute atomic E-state index is 0.448. The maximum atomic E-state index is 8.75. The molecule has 2 rings (SSSR count). The van der Waals surface area contributed by atoms with Gasteiger partial charge in [0.1, 0.15) is 24.7 Å². The molecule has 0 aromatic heterocycles. The number of nitriles is 1. The van der Waals surface area contributed by atoms with Crippen LogP contribution >= 0.6 is 0 Å². The molecule has 0 unspecified atom stereocenters. The molecule has 0 saturated carbocycles. The van der Waals surface area contributed by atoms with Gasteiger partial charge in [-0.25, -0.2) is 0 Å².